The van der Waals surface area contributed by atoms with Crippen LogP contribution >= 0.6 is 58.0 Å². The fourth-order valence-electron chi connectivity index (χ4n) is 13.7. The molecule has 28 nitrogen and oxygen atoms in total. The third kappa shape index (κ3) is 30.2. The number of likely N-dealkylation sites (N-methyl/N-ethyl adjacent to an activating group) is 3. The fourth-order valence-corrected chi connectivity index (χ4v) is 18.3. The fraction of sp³-hybridized carbons (Fsp3) is 0.506. The summed E-state index contributed by atoms with van der Waals surface area (Å²) in [6.07, 6.45) is 0. The first-order valence-corrected chi connectivity index (χ1v) is 44.4. The highest BCUT2D eigenvalue weighted by Crippen LogP contribution is 2.42. The molecule has 0 bridgehead atoms. The van der Waals surface area contributed by atoms with E-state index in [1.807, 2.05) is 70.5 Å². The second-order valence-corrected chi connectivity index (χ2v) is 35.5. The van der Waals surface area contributed by atoms with Crippen molar-refractivity contribution < 1.29 is 82.3 Å². The molecule has 6 aromatic carbocycles. The summed E-state index contributed by atoms with van der Waals surface area (Å²) in [5.74, 6) is -1.68. The smallest absolute Gasteiger partial charge is 0.240 e. The summed E-state index contributed by atoms with van der Waals surface area (Å²) in [7, 11) is -5.51. The molecule has 0 saturated heterocycles. The maximum absolute atomic E-state index is 13.3. The quantitative estimate of drug-likeness (QED) is 0.0209. The summed E-state index contributed by atoms with van der Waals surface area (Å²) >= 11 is 32.3. The van der Waals surface area contributed by atoms with Crippen molar-refractivity contribution in [1.29, 1.82) is 0 Å². The molecule has 0 radical (unpaired) electrons. The monoisotopic (exact) mass is 1750 g/mol. The second kappa shape index (κ2) is 47.4. The van der Waals surface area contributed by atoms with Crippen molar-refractivity contribution >= 4 is 106 Å². The van der Waals surface area contributed by atoms with Crippen molar-refractivity contribution in [3.8, 4) is 0 Å². The van der Waals surface area contributed by atoms with Crippen LogP contribution in [-0.4, -0.2) is 281 Å². The molecular weight excluding hydrogens is 1650 g/mol. The van der Waals surface area contributed by atoms with Crippen LogP contribution in [0, 0.1) is 6.92 Å². The lowest BCUT2D eigenvalue weighted by molar-refractivity contribution is -0.128. The molecule has 3 heterocycles. The Morgan fingerprint density at radius 2 is 0.626 bits per heavy atom. The molecule has 9 rings (SSSR count). The molecule has 3 atom stereocenters. The maximum Gasteiger partial charge on any atom is 0.240 e. The van der Waals surface area contributed by atoms with Gasteiger partial charge in [0.15, 0.2) is 0 Å². The van der Waals surface area contributed by atoms with Crippen molar-refractivity contribution in [3.05, 3.63) is 190 Å². The molecule has 0 aliphatic carbocycles. The minimum absolute atomic E-state index is 0.0399. The number of nitrogens with one attached hydrogen (secondary N) is 6. The van der Waals surface area contributed by atoms with Crippen LogP contribution in [-0.2, 0) is 107 Å². The van der Waals surface area contributed by atoms with Gasteiger partial charge in [-0.05, 0) is 156 Å². The van der Waals surface area contributed by atoms with E-state index in [9.17, 15) is 39.6 Å². The van der Waals surface area contributed by atoms with Crippen LogP contribution < -0.4 is 30.1 Å². The van der Waals surface area contributed by atoms with Gasteiger partial charge in [0.1, 0.15) is 0 Å². The Kier molecular flexibility index (Phi) is 38.4. The van der Waals surface area contributed by atoms with E-state index in [0.29, 0.717) is 51.3 Å². The summed E-state index contributed by atoms with van der Waals surface area (Å²) in [6.45, 7) is 9.21. The number of carbonyl (C=O) groups excluding carboxylic acids is 3. The highest BCUT2D eigenvalue weighted by molar-refractivity contribution is 7.90. The Hall–Kier alpha value is -5.61. The van der Waals surface area contributed by atoms with Crippen LogP contribution in [0.4, 0.5) is 0 Å². The van der Waals surface area contributed by atoms with Gasteiger partial charge in [0.25, 0.3) is 0 Å². The number of amides is 3. The van der Waals surface area contributed by atoms with Gasteiger partial charge in [-0.3, -0.25) is 19.3 Å². The van der Waals surface area contributed by atoms with Crippen molar-refractivity contribution in [1.82, 2.24) is 49.7 Å². The second-order valence-electron chi connectivity index (χ2n) is 28.1. The van der Waals surface area contributed by atoms with E-state index in [1.165, 1.54) is 10.5 Å². The molecule has 6 aromatic rings. The van der Waals surface area contributed by atoms with Gasteiger partial charge in [-0.25, -0.2) is 39.4 Å². The molecule has 3 unspecified atom stereocenters. The Balaban J connectivity index is 0.616. The van der Waals surface area contributed by atoms with Crippen LogP contribution in [0.15, 0.2) is 124 Å². The van der Waals surface area contributed by atoms with E-state index >= 15 is 0 Å². The van der Waals surface area contributed by atoms with Crippen LogP contribution in [0.25, 0.3) is 0 Å². The largest absolute Gasteiger partial charge is 0.378 e. The lowest BCUT2D eigenvalue weighted by Crippen LogP contribution is -2.48. The third-order valence-corrected chi connectivity index (χ3v) is 24.8. The van der Waals surface area contributed by atoms with Gasteiger partial charge in [-0.1, -0.05) is 94.4 Å². The van der Waals surface area contributed by atoms with Crippen molar-refractivity contribution in [2.45, 2.75) is 59.0 Å². The van der Waals surface area contributed by atoms with Crippen LogP contribution in [0.5, 0.6) is 0 Å². The Morgan fingerprint density at radius 1 is 0.365 bits per heavy atom. The summed E-state index contributed by atoms with van der Waals surface area (Å²) < 4.78 is 138. The first-order chi connectivity index (χ1) is 55.2. The average molecular weight is 1760 g/mol. The predicted octanol–water partition coefficient (Wildman–Crippen LogP) is 7.03. The summed E-state index contributed by atoms with van der Waals surface area (Å²) in [6, 6.07) is 31.8. The van der Waals surface area contributed by atoms with E-state index in [1.54, 1.807) is 66.7 Å². The number of carbonyl (C=O) groups is 3. The molecule has 3 aliphatic heterocycles. The molecular formula is C79H105Cl5N10O18S3. The van der Waals surface area contributed by atoms with Crippen LogP contribution in [0.1, 0.15) is 73.4 Å². The first kappa shape index (κ1) is 93.3. The number of aryl methyl sites for hydroxylation is 1. The lowest BCUT2D eigenvalue weighted by atomic mass is 9.83. The number of rotatable bonds is 51. The third-order valence-electron chi connectivity index (χ3n) is 19.1. The number of hydrogen-bond acceptors (Lipinski definition) is 22. The molecule has 632 valence electrons. The molecule has 0 spiro atoms. The number of fused-ring (bicyclic) bond motifs is 3. The van der Waals surface area contributed by atoms with Gasteiger partial charge in [-0.15, -0.1) is 0 Å². The van der Waals surface area contributed by atoms with Crippen molar-refractivity contribution in [3.63, 3.8) is 0 Å². The Morgan fingerprint density at radius 3 is 0.930 bits per heavy atom. The number of sulfonamides is 3. The number of ether oxygens (including phenoxy) is 9. The summed E-state index contributed by atoms with van der Waals surface area (Å²) in [5.41, 5.74) is 9.83. The Bertz CT molecular complexity index is 4080. The maximum atomic E-state index is 13.3. The van der Waals surface area contributed by atoms with Gasteiger partial charge in [0.05, 0.1) is 153 Å². The number of hydrogen-bond donors (Lipinski definition) is 6. The molecule has 36 heteroatoms. The van der Waals surface area contributed by atoms with E-state index in [4.69, 9.17) is 101 Å². The van der Waals surface area contributed by atoms with E-state index in [-0.39, 0.29) is 210 Å². The van der Waals surface area contributed by atoms with Gasteiger partial charge in [-0.2, -0.15) is 0 Å². The van der Waals surface area contributed by atoms with E-state index < -0.39 is 47.8 Å². The first-order valence-electron chi connectivity index (χ1n) is 38.0. The molecule has 0 fully saturated rings. The lowest BCUT2D eigenvalue weighted by Gasteiger charge is -2.34. The van der Waals surface area contributed by atoms with Crippen molar-refractivity contribution in [2.24, 2.45) is 0 Å². The number of nitrogens with zero attached hydrogens (tertiary/aromatic N) is 4. The minimum atomic E-state index is -3.85. The topological polar surface area (TPSA) is 322 Å². The number of halogens is 5. The Labute approximate surface area is 700 Å². The molecule has 6 N–H and O–H groups in total. The molecule has 0 saturated carbocycles. The summed E-state index contributed by atoms with van der Waals surface area (Å²) in [4.78, 5) is 47.9. The molecule has 3 amide bonds. The molecule has 3 aliphatic rings. The summed E-state index contributed by atoms with van der Waals surface area (Å²) in [5, 5.41) is 11.1. The van der Waals surface area contributed by atoms with Gasteiger partial charge < -0.3 is 73.3 Å². The zero-order valence-electron chi connectivity index (χ0n) is 65.2. The SMILES string of the molecule is Cc1cc(Cl)cc2c1CN(C)CC2c1cccc(S(=O)(=O)NCCOCCOCCOCCNC(=O)CN(CC(=O)NCCOCCOCCOCCNS(=O)(=O)c2cccc(C3CN(C)Cc4c(Cl)cc(Cl)cc43)c2)CC(=O)NCCOCCOCCOCCNS(=O)(=O)c2cccc(C3CN(C)Cc4c(Cl)cc(Cl)cc43)c2)c1. The number of benzene rings is 6. The van der Waals surface area contributed by atoms with Gasteiger partial charge in [0, 0.05) is 121 Å². The van der Waals surface area contributed by atoms with Gasteiger partial charge in [0.2, 0.25) is 47.8 Å². The van der Waals surface area contributed by atoms with Gasteiger partial charge >= 0.3 is 0 Å². The highest BCUT2D eigenvalue weighted by Gasteiger charge is 2.32. The highest BCUT2D eigenvalue weighted by atomic mass is 35.5. The predicted molar refractivity (Wildman–Crippen MR) is 441 cm³/mol. The molecule has 115 heavy (non-hydrogen) atoms. The normalized spacial score (nSPS) is 16.2. The minimum Gasteiger partial charge on any atom is -0.378 e. The van der Waals surface area contributed by atoms with Crippen LogP contribution in [0.3, 0.4) is 0 Å². The van der Waals surface area contributed by atoms with Crippen LogP contribution in [0.2, 0.25) is 25.1 Å². The standard InChI is InChI=1S/C79H105Cl5N10O18S3/c1-56-38-60(80)42-66-69(56)47-91(2)48-70(66)57-8-5-11-63(39-57)113(98,99)88-17-23-107-29-35-110-32-26-104-20-14-85-77(95)53-94(54-78(96)86-15-21-105-27-33-111-36-30-108-24-18-89-114(100,101)64-12-6-9-58(40-64)71-49-92(3)51-73-67(71)43-61(81)45-75(73)83)55-79(97)87-16-22-106-28-34-112-37-31-109-25-19-90-115(102,103)65-13-7-10-59(41-65)72-50-93(4)52-74-68(72)44-62(82)46-76(74)84/h5-13,38-46,70-72,88-90H,14-37,47-55H2,1-4H3,(H,85,95)(H,86,96)(H,87,97). The zero-order valence-corrected chi connectivity index (χ0v) is 71.4. The van der Waals surface area contributed by atoms with Crippen molar-refractivity contribution in [2.75, 3.05) is 219 Å². The zero-order chi connectivity index (χ0) is 82.3. The molecule has 0 aromatic heterocycles. The van der Waals surface area contributed by atoms with E-state index in [0.717, 1.165) is 63.2 Å². The average Bonchev–Trinajstić information content (AvgIpc) is 0.782. The van der Waals surface area contributed by atoms with E-state index in [2.05, 4.69) is 44.8 Å².